The Balaban J connectivity index is 2.13. The van der Waals surface area contributed by atoms with Gasteiger partial charge >= 0.3 is 5.97 Å². The number of phenolic OH excluding ortho intramolecular Hbond substituents is 1. The highest BCUT2D eigenvalue weighted by molar-refractivity contribution is 8.18. The van der Waals surface area contributed by atoms with Crippen LogP contribution in [0.25, 0.3) is 0 Å². The number of amides is 1. The molecule has 2 rings (SSSR count). The van der Waals surface area contributed by atoms with Gasteiger partial charge in [-0.3, -0.25) is 10.1 Å². The van der Waals surface area contributed by atoms with E-state index in [1.165, 1.54) is 13.3 Å². The molecule has 1 aliphatic heterocycles. The summed E-state index contributed by atoms with van der Waals surface area (Å²) < 4.78 is 4.47. The fraction of sp³-hybridized carbons (Fsp3) is 0.250. The van der Waals surface area contributed by atoms with Gasteiger partial charge in [-0.2, -0.15) is 5.10 Å². The van der Waals surface area contributed by atoms with E-state index in [-0.39, 0.29) is 15.8 Å². The number of carbonyl (C=O) groups excluding carboxylic acids is 2. The Morgan fingerprint density at radius 1 is 1.42 bits per heavy atom. The zero-order valence-electron chi connectivity index (χ0n) is 13.4. The second kappa shape index (κ2) is 7.78. The van der Waals surface area contributed by atoms with Gasteiger partial charge in [0, 0.05) is 11.6 Å². The molecule has 1 saturated heterocycles. The Hall–Kier alpha value is -2.61. The average molecular weight is 347 g/mol. The molecule has 1 fully saturated rings. The van der Waals surface area contributed by atoms with Crippen LogP contribution in [0.15, 0.2) is 39.4 Å². The second-order valence-corrected chi connectivity index (χ2v) is 6.24. The van der Waals surface area contributed by atoms with Gasteiger partial charge in [-0.25, -0.2) is 4.79 Å². The average Bonchev–Trinajstić information content (AvgIpc) is 2.88. The number of hydrogen-bond donors (Lipinski definition) is 2. The predicted molar refractivity (Wildman–Crippen MR) is 93.1 cm³/mol. The van der Waals surface area contributed by atoms with Gasteiger partial charge in [0.2, 0.25) is 0 Å². The van der Waals surface area contributed by atoms with E-state index in [0.29, 0.717) is 11.5 Å². The van der Waals surface area contributed by atoms with Crippen LogP contribution in [0.2, 0.25) is 0 Å². The maximum atomic E-state index is 11.7. The van der Waals surface area contributed by atoms with Crippen LogP contribution in [0.3, 0.4) is 0 Å². The maximum absolute atomic E-state index is 11.7. The molecule has 7 nitrogen and oxygen atoms in total. The van der Waals surface area contributed by atoms with Gasteiger partial charge in [0.05, 0.1) is 18.2 Å². The molecule has 2 N–H and O–H groups in total. The molecular weight excluding hydrogens is 330 g/mol. The van der Waals surface area contributed by atoms with Gasteiger partial charge in [-0.1, -0.05) is 19.9 Å². The fourth-order valence-corrected chi connectivity index (χ4v) is 2.56. The molecule has 0 unspecified atom stereocenters. The first-order valence-electron chi connectivity index (χ1n) is 7.13. The minimum atomic E-state index is -0.618. The summed E-state index contributed by atoms with van der Waals surface area (Å²) in [4.78, 5) is 23.0. The third kappa shape index (κ3) is 4.45. The van der Waals surface area contributed by atoms with E-state index in [2.05, 4.69) is 20.3 Å². The normalized spacial score (nSPS) is 17.9. The lowest BCUT2D eigenvalue weighted by molar-refractivity contribution is -0.135. The van der Waals surface area contributed by atoms with Crippen molar-refractivity contribution in [3.8, 4) is 5.75 Å². The van der Waals surface area contributed by atoms with Crippen molar-refractivity contribution in [2.45, 2.75) is 19.8 Å². The third-order valence-corrected chi connectivity index (χ3v) is 4.06. The molecule has 24 heavy (non-hydrogen) atoms. The van der Waals surface area contributed by atoms with Crippen LogP contribution < -0.4 is 5.32 Å². The van der Waals surface area contributed by atoms with E-state index < -0.39 is 11.9 Å². The highest BCUT2D eigenvalue weighted by Crippen LogP contribution is 2.24. The fourth-order valence-electron chi connectivity index (χ4n) is 1.82. The van der Waals surface area contributed by atoms with Crippen LogP contribution in [0.4, 0.5) is 0 Å². The molecule has 0 aromatic heterocycles. The molecule has 0 radical (unpaired) electrons. The minimum Gasteiger partial charge on any atom is -0.507 e. The van der Waals surface area contributed by atoms with Gasteiger partial charge in [0.25, 0.3) is 5.91 Å². The van der Waals surface area contributed by atoms with E-state index >= 15 is 0 Å². The van der Waals surface area contributed by atoms with Gasteiger partial charge in [-0.05, 0) is 35.4 Å². The second-order valence-electron chi connectivity index (χ2n) is 5.21. The number of nitrogens with one attached hydrogen (secondary N) is 1. The van der Waals surface area contributed by atoms with E-state index in [4.69, 9.17) is 0 Å². The van der Waals surface area contributed by atoms with Gasteiger partial charge in [0.1, 0.15) is 5.75 Å². The number of nitrogens with zero attached hydrogens (tertiary/aromatic N) is 2. The van der Waals surface area contributed by atoms with Crippen molar-refractivity contribution >= 4 is 35.0 Å². The molecule has 126 valence electrons. The number of aromatic hydroxyl groups is 1. The lowest BCUT2D eigenvalue weighted by Crippen LogP contribution is -2.19. The molecule has 1 amide bonds. The summed E-state index contributed by atoms with van der Waals surface area (Å²) in [5, 5.41) is 20.3. The van der Waals surface area contributed by atoms with Crippen LogP contribution in [-0.4, -0.2) is 35.5 Å². The zero-order chi connectivity index (χ0) is 17.7. The molecule has 0 aliphatic carbocycles. The van der Waals surface area contributed by atoms with Crippen molar-refractivity contribution in [2.75, 3.05) is 7.11 Å². The number of esters is 1. The van der Waals surface area contributed by atoms with Crippen molar-refractivity contribution in [2.24, 2.45) is 10.2 Å². The Kier molecular flexibility index (Phi) is 5.75. The number of phenols is 1. The smallest absolute Gasteiger partial charge is 0.331 e. The van der Waals surface area contributed by atoms with Gasteiger partial charge < -0.3 is 9.84 Å². The maximum Gasteiger partial charge on any atom is 0.331 e. The summed E-state index contributed by atoms with van der Waals surface area (Å²) in [6.45, 7) is 4.10. The quantitative estimate of drug-likeness (QED) is 0.376. The lowest BCUT2D eigenvalue weighted by atomic mass is 10.0. The summed E-state index contributed by atoms with van der Waals surface area (Å²) in [6.07, 6.45) is 2.49. The van der Waals surface area contributed by atoms with Crippen LogP contribution in [-0.2, 0) is 14.3 Å². The monoisotopic (exact) mass is 347 g/mol. The molecule has 0 spiro atoms. The molecule has 0 atom stereocenters. The molecule has 8 heteroatoms. The Morgan fingerprint density at radius 3 is 2.83 bits per heavy atom. The first kappa shape index (κ1) is 17.7. The summed E-state index contributed by atoms with van der Waals surface area (Å²) in [5.41, 5.74) is 1.60. The summed E-state index contributed by atoms with van der Waals surface area (Å²) >= 11 is 0.983. The highest BCUT2D eigenvalue weighted by Gasteiger charge is 2.24. The summed E-state index contributed by atoms with van der Waals surface area (Å²) in [6, 6.07) is 5.28. The Morgan fingerprint density at radius 2 is 2.17 bits per heavy atom. The van der Waals surface area contributed by atoms with Crippen LogP contribution in [0.1, 0.15) is 30.9 Å². The van der Waals surface area contributed by atoms with E-state index in [1.807, 2.05) is 26.0 Å². The van der Waals surface area contributed by atoms with Crippen LogP contribution >= 0.6 is 11.8 Å². The number of methoxy groups -OCH3 is 1. The van der Waals surface area contributed by atoms with Crippen molar-refractivity contribution in [1.29, 1.82) is 0 Å². The van der Waals surface area contributed by atoms with Crippen LogP contribution in [0.5, 0.6) is 5.75 Å². The van der Waals surface area contributed by atoms with E-state index in [9.17, 15) is 14.7 Å². The number of amidine groups is 1. The van der Waals surface area contributed by atoms with Gasteiger partial charge in [-0.15, -0.1) is 5.10 Å². The molecule has 0 saturated carbocycles. The number of rotatable bonds is 4. The standard InChI is InChI=1S/C16H17N3O4S/c1-9(2)10-4-5-12(20)11(6-10)8-17-19-16-18-15(22)13(24-16)7-14(21)23-3/h4-9,20H,1-3H3,(H,18,19,22)/b13-7+,17-8?. The SMILES string of the molecule is COC(=O)/C=C1/S/C(=N\N=Cc2cc(C(C)C)ccc2O)NC1=O. The third-order valence-electron chi connectivity index (χ3n) is 3.16. The highest BCUT2D eigenvalue weighted by atomic mass is 32.2. The Labute approximate surface area is 143 Å². The topological polar surface area (TPSA) is 100 Å². The molecule has 1 aliphatic rings. The zero-order valence-corrected chi connectivity index (χ0v) is 14.3. The van der Waals surface area contributed by atoms with Crippen molar-refractivity contribution < 1.29 is 19.4 Å². The van der Waals surface area contributed by atoms with Crippen molar-refractivity contribution in [3.63, 3.8) is 0 Å². The molecule has 1 aromatic carbocycles. The molecular formula is C16H17N3O4S. The van der Waals surface area contributed by atoms with E-state index in [1.54, 1.807) is 6.07 Å². The number of ether oxygens (including phenoxy) is 1. The number of carbonyl (C=O) groups is 2. The Bertz CT molecular complexity index is 754. The largest absolute Gasteiger partial charge is 0.507 e. The molecule has 0 bridgehead atoms. The number of benzene rings is 1. The first-order valence-corrected chi connectivity index (χ1v) is 7.95. The van der Waals surface area contributed by atoms with Gasteiger partial charge in [0.15, 0.2) is 5.17 Å². The van der Waals surface area contributed by atoms with Crippen LogP contribution in [0, 0.1) is 0 Å². The lowest BCUT2D eigenvalue weighted by Gasteiger charge is -2.06. The number of thioether (sulfide) groups is 1. The first-order chi connectivity index (χ1) is 11.4. The van der Waals surface area contributed by atoms with Crippen molar-refractivity contribution in [1.82, 2.24) is 5.32 Å². The number of hydrogen-bond acceptors (Lipinski definition) is 7. The summed E-state index contributed by atoms with van der Waals surface area (Å²) in [7, 11) is 1.23. The summed E-state index contributed by atoms with van der Waals surface area (Å²) in [5.74, 6) is -0.644. The molecule has 1 heterocycles. The van der Waals surface area contributed by atoms with Crippen molar-refractivity contribution in [3.05, 3.63) is 40.3 Å². The minimum absolute atomic E-state index is 0.0951. The predicted octanol–water partition coefficient (Wildman–Crippen LogP) is 2.13. The van der Waals surface area contributed by atoms with E-state index in [0.717, 1.165) is 23.4 Å². The molecule has 1 aromatic rings.